The molecular weight excluding hydrogens is 264 g/mol. The Kier molecular flexibility index (Phi) is 5.33. The topological polar surface area (TPSA) is 111 Å². The van der Waals surface area contributed by atoms with Gasteiger partial charge in [-0.15, -0.1) is 0 Å². The van der Waals surface area contributed by atoms with Crippen molar-refractivity contribution in [3.8, 4) is 11.5 Å². The monoisotopic (exact) mass is 282 g/mol. The Balaban J connectivity index is 2.90. The molecule has 0 spiro atoms. The Morgan fingerprint density at radius 1 is 1.30 bits per heavy atom. The number of nitrogens with one attached hydrogen (secondary N) is 1. The first-order valence-corrected chi connectivity index (χ1v) is 5.89. The van der Waals surface area contributed by atoms with Gasteiger partial charge in [0.25, 0.3) is 5.91 Å². The minimum absolute atomic E-state index is 0.257. The molecule has 0 aliphatic carbocycles. The van der Waals surface area contributed by atoms with Crippen molar-refractivity contribution in [1.29, 1.82) is 0 Å². The normalized spacial score (nSPS) is 11.6. The predicted molar refractivity (Wildman–Crippen MR) is 71.8 cm³/mol. The van der Waals surface area contributed by atoms with Gasteiger partial charge in [-0.05, 0) is 19.1 Å². The molecule has 4 N–H and O–H groups in total. The van der Waals surface area contributed by atoms with Crippen LogP contribution in [0, 0.1) is 6.92 Å². The highest BCUT2D eigenvalue weighted by atomic mass is 16.5. The van der Waals surface area contributed by atoms with E-state index in [0.717, 1.165) is 5.56 Å². The van der Waals surface area contributed by atoms with Crippen LogP contribution in [0.4, 0.5) is 0 Å². The molecule has 7 heteroatoms. The van der Waals surface area contributed by atoms with E-state index in [0.29, 0.717) is 17.1 Å². The summed E-state index contributed by atoms with van der Waals surface area (Å²) in [5.74, 6) is -0.360. The Morgan fingerprint density at radius 2 is 1.80 bits per heavy atom. The fraction of sp³-hybridized carbons (Fsp3) is 0.385. The van der Waals surface area contributed by atoms with Crippen molar-refractivity contribution in [2.75, 3.05) is 20.8 Å². The van der Waals surface area contributed by atoms with Crippen LogP contribution in [0.2, 0.25) is 0 Å². The summed E-state index contributed by atoms with van der Waals surface area (Å²) in [6.45, 7) is 1.54. The van der Waals surface area contributed by atoms with E-state index in [2.05, 4.69) is 5.32 Å². The zero-order valence-electron chi connectivity index (χ0n) is 11.6. The molecule has 1 atom stereocenters. The molecule has 1 aromatic rings. The van der Waals surface area contributed by atoms with Crippen molar-refractivity contribution in [1.82, 2.24) is 5.32 Å². The number of carbonyl (C=O) groups excluding carboxylic acids is 2. The maximum atomic E-state index is 11.9. The molecule has 2 amide bonds. The van der Waals surface area contributed by atoms with Crippen molar-refractivity contribution in [2.45, 2.75) is 13.0 Å². The van der Waals surface area contributed by atoms with Crippen LogP contribution in [-0.4, -0.2) is 43.8 Å². The first-order valence-electron chi connectivity index (χ1n) is 5.89. The Bertz CT molecular complexity index is 490. The first kappa shape index (κ1) is 15.8. The lowest BCUT2D eigenvalue weighted by Gasteiger charge is -2.13. The zero-order valence-corrected chi connectivity index (χ0v) is 11.6. The Morgan fingerprint density at radius 3 is 2.20 bits per heavy atom. The van der Waals surface area contributed by atoms with Crippen LogP contribution >= 0.6 is 0 Å². The highest BCUT2D eigenvalue weighted by Crippen LogP contribution is 2.29. The van der Waals surface area contributed by atoms with E-state index in [-0.39, 0.29) is 6.54 Å². The summed E-state index contributed by atoms with van der Waals surface area (Å²) in [5.41, 5.74) is 5.95. The van der Waals surface area contributed by atoms with Crippen molar-refractivity contribution in [3.05, 3.63) is 23.3 Å². The number of carbonyl (C=O) groups is 2. The van der Waals surface area contributed by atoms with Crippen molar-refractivity contribution >= 4 is 11.8 Å². The molecule has 0 aliphatic rings. The summed E-state index contributed by atoms with van der Waals surface area (Å²) in [6.07, 6.45) is -1.42. The molecule has 1 rings (SSSR count). The third kappa shape index (κ3) is 3.61. The van der Waals surface area contributed by atoms with E-state index < -0.39 is 17.9 Å². The highest BCUT2D eigenvalue weighted by Gasteiger charge is 2.16. The van der Waals surface area contributed by atoms with E-state index in [1.165, 1.54) is 14.2 Å². The molecule has 0 aromatic heterocycles. The van der Waals surface area contributed by atoms with Crippen LogP contribution in [0.1, 0.15) is 15.9 Å². The third-order valence-electron chi connectivity index (χ3n) is 2.80. The molecule has 1 unspecified atom stereocenters. The van der Waals surface area contributed by atoms with Crippen LogP contribution in [0.15, 0.2) is 12.1 Å². The molecular formula is C13H18N2O5. The van der Waals surface area contributed by atoms with E-state index in [1.807, 2.05) is 0 Å². The summed E-state index contributed by atoms with van der Waals surface area (Å²) in [6, 6.07) is 3.09. The number of aliphatic hydroxyl groups excluding tert-OH is 1. The number of aliphatic hydroxyl groups is 1. The van der Waals surface area contributed by atoms with Crippen molar-refractivity contribution < 1.29 is 24.2 Å². The molecule has 1 aromatic carbocycles. The standard InChI is InChI=1S/C13H18N2O5/c1-7-10(19-2)4-8(5-11(7)20-3)13(18)15-6-9(16)12(14)17/h4-5,9,16H,6H2,1-3H3,(H2,14,17)(H,15,18). The fourth-order valence-electron chi connectivity index (χ4n) is 1.61. The number of amides is 2. The number of methoxy groups -OCH3 is 2. The van der Waals surface area contributed by atoms with Gasteiger partial charge in [-0.1, -0.05) is 0 Å². The number of ether oxygens (including phenoxy) is 2. The lowest BCUT2D eigenvalue weighted by molar-refractivity contribution is -0.125. The molecule has 0 saturated heterocycles. The summed E-state index contributed by atoms with van der Waals surface area (Å²) in [4.78, 5) is 22.6. The van der Waals surface area contributed by atoms with Gasteiger partial charge < -0.3 is 25.6 Å². The second-order valence-corrected chi connectivity index (χ2v) is 4.13. The van der Waals surface area contributed by atoms with Gasteiger partial charge in [0.05, 0.1) is 20.8 Å². The van der Waals surface area contributed by atoms with Gasteiger partial charge in [0, 0.05) is 11.1 Å². The number of hydrogen-bond acceptors (Lipinski definition) is 5. The number of hydrogen-bond donors (Lipinski definition) is 3. The molecule has 0 saturated carbocycles. The molecule has 0 aliphatic heterocycles. The quantitative estimate of drug-likeness (QED) is 0.656. The fourth-order valence-corrected chi connectivity index (χ4v) is 1.61. The molecule has 20 heavy (non-hydrogen) atoms. The summed E-state index contributed by atoms with van der Waals surface area (Å²) in [7, 11) is 2.97. The number of nitrogens with two attached hydrogens (primary N) is 1. The second-order valence-electron chi connectivity index (χ2n) is 4.13. The SMILES string of the molecule is COc1cc(C(=O)NCC(O)C(N)=O)cc(OC)c1C. The molecule has 0 heterocycles. The van der Waals surface area contributed by atoms with E-state index in [1.54, 1.807) is 19.1 Å². The summed E-state index contributed by atoms with van der Waals surface area (Å²) < 4.78 is 10.3. The number of rotatable bonds is 6. The summed E-state index contributed by atoms with van der Waals surface area (Å²) in [5, 5.41) is 11.6. The van der Waals surface area contributed by atoms with Crippen LogP contribution in [-0.2, 0) is 4.79 Å². The van der Waals surface area contributed by atoms with Gasteiger partial charge in [-0.3, -0.25) is 9.59 Å². The molecule has 7 nitrogen and oxygen atoms in total. The predicted octanol–water partition coefficient (Wildman–Crippen LogP) is -0.412. The van der Waals surface area contributed by atoms with Crippen LogP contribution in [0.5, 0.6) is 11.5 Å². The van der Waals surface area contributed by atoms with Crippen LogP contribution in [0.3, 0.4) is 0 Å². The van der Waals surface area contributed by atoms with Gasteiger partial charge in [-0.2, -0.15) is 0 Å². The highest BCUT2D eigenvalue weighted by molar-refractivity contribution is 5.95. The first-order chi connectivity index (χ1) is 9.40. The second kappa shape index (κ2) is 6.76. The Labute approximate surface area is 116 Å². The lowest BCUT2D eigenvalue weighted by Crippen LogP contribution is -2.40. The minimum atomic E-state index is -1.42. The molecule has 0 bridgehead atoms. The Hall–Kier alpha value is -2.28. The average molecular weight is 282 g/mol. The van der Waals surface area contributed by atoms with Gasteiger partial charge in [0.1, 0.15) is 17.6 Å². The van der Waals surface area contributed by atoms with Crippen LogP contribution in [0.25, 0.3) is 0 Å². The maximum absolute atomic E-state index is 11.9. The average Bonchev–Trinajstić information content (AvgIpc) is 2.44. The van der Waals surface area contributed by atoms with Crippen LogP contribution < -0.4 is 20.5 Å². The van der Waals surface area contributed by atoms with Crippen molar-refractivity contribution in [3.63, 3.8) is 0 Å². The lowest BCUT2D eigenvalue weighted by atomic mass is 10.1. The molecule has 0 radical (unpaired) electrons. The minimum Gasteiger partial charge on any atom is -0.496 e. The third-order valence-corrected chi connectivity index (χ3v) is 2.80. The van der Waals surface area contributed by atoms with E-state index in [4.69, 9.17) is 15.2 Å². The number of primary amides is 1. The largest absolute Gasteiger partial charge is 0.496 e. The van der Waals surface area contributed by atoms with E-state index in [9.17, 15) is 14.7 Å². The number of benzene rings is 1. The zero-order chi connectivity index (χ0) is 15.3. The van der Waals surface area contributed by atoms with E-state index >= 15 is 0 Å². The smallest absolute Gasteiger partial charge is 0.251 e. The maximum Gasteiger partial charge on any atom is 0.251 e. The van der Waals surface area contributed by atoms with Gasteiger partial charge in [0.15, 0.2) is 0 Å². The van der Waals surface area contributed by atoms with Crippen molar-refractivity contribution in [2.24, 2.45) is 5.73 Å². The van der Waals surface area contributed by atoms with Gasteiger partial charge in [-0.25, -0.2) is 0 Å². The molecule has 0 fully saturated rings. The van der Waals surface area contributed by atoms with Gasteiger partial charge in [0.2, 0.25) is 5.91 Å². The summed E-state index contributed by atoms with van der Waals surface area (Å²) >= 11 is 0. The molecule has 110 valence electrons. The van der Waals surface area contributed by atoms with Gasteiger partial charge >= 0.3 is 0 Å².